The molecule has 2 aliphatic rings. The Balaban J connectivity index is 0.000000421. The fraction of sp³-hybridized carbons (Fsp3) is 0.222. The number of aliphatic hydroxyl groups excluding tert-OH is 1. The molecule has 1 fully saturated rings. The van der Waals surface area contributed by atoms with Crippen molar-refractivity contribution in [1.29, 1.82) is 0 Å². The van der Waals surface area contributed by atoms with Gasteiger partial charge in [0.1, 0.15) is 5.75 Å². The number of methoxy groups -OCH3 is 1. The van der Waals surface area contributed by atoms with Crippen LogP contribution in [0, 0.1) is 0 Å². The Morgan fingerprint density at radius 1 is 1.16 bits per heavy atom. The normalized spacial score (nSPS) is 19.7. The molecule has 2 atom stereocenters. The van der Waals surface area contributed by atoms with Crippen LogP contribution in [-0.2, 0) is 21.6 Å². The number of alkyl halides is 3. The largest absolute Gasteiger partial charge is 0.497 e. The standard InChI is InChI=1S/C25H21N3O3.C2HF3O/c1-31-17-6-8-21-19(11-17)25(24(30)26-21)12-20(25)15-5-7-18-22(10-15)27-28-23(18)16-4-2-3-14(9-16)13-29;3-2(4,5)1-6/h2-11,20,29H,12-13H2,1H3,(H,26,30)(H,27,28);1H/t20?,25-;/m0./s1. The summed E-state index contributed by atoms with van der Waals surface area (Å²) in [4.78, 5) is 21.6. The van der Waals surface area contributed by atoms with E-state index in [9.17, 15) is 23.1 Å². The first kappa shape index (κ1) is 24.5. The minimum Gasteiger partial charge on any atom is -0.497 e. The third-order valence-electron chi connectivity index (χ3n) is 6.83. The molecule has 0 saturated heterocycles. The van der Waals surface area contributed by atoms with Crippen LogP contribution in [0.1, 0.15) is 29.0 Å². The van der Waals surface area contributed by atoms with Crippen molar-refractivity contribution < 1.29 is 32.6 Å². The van der Waals surface area contributed by atoms with Gasteiger partial charge in [0.2, 0.25) is 12.2 Å². The van der Waals surface area contributed by atoms with Gasteiger partial charge in [-0.2, -0.15) is 18.3 Å². The maximum atomic E-state index is 12.9. The maximum absolute atomic E-state index is 12.9. The summed E-state index contributed by atoms with van der Waals surface area (Å²) < 4.78 is 36.6. The van der Waals surface area contributed by atoms with Crippen molar-refractivity contribution in [3.8, 4) is 17.0 Å². The van der Waals surface area contributed by atoms with E-state index in [0.29, 0.717) is 0 Å². The predicted molar refractivity (Wildman–Crippen MR) is 130 cm³/mol. The molecule has 1 saturated carbocycles. The number of nitrogens with one attached hydrogen (secondary N) is 2. The second-order valence-electron chi connectivity index (χ2n) is 8.99. The van der Waals surface area contributed by atoms with E-state index in [1.54, 1.807) is 7.11 Å². The van der Waals surface area contributed by atoms with Crippen molar-refractivity contribution in [3.05, 3.63) is 77.4 Å². The van der Waals surface area contributed by atoms with Gasteiger partial charge in [-0.05, 0) is 53.4 Å². The summed E-state index contributed by atoms with van der Waals surface area (Å²) in [7, 11) is 1.64. The monoisotopic (exact) mass is 509 g/mol. The van der Waals surface area contributed by atoms with Crippen molar-refractivity contribution in [3.63, 3.8) is 0 Å². The number of carbonyl (C=O) groups excluding carboxylic acids is 2. The van der Waals surface area contributed by atoms with Crippen LogP contribution in [0.2, 0.25) is 0 Å². The number of anilines is 1. The van der Waals surface area contributed by atoms with E-state index in [0.717, 1.165) is 56.7 Å². The van der Waals surface area contributed by atoms with Gasteiger partial charge in [0, 0.05) is 22.6 Å². The number of aromatic nitrogens is 2. The lowest BCUT2D eigenvalue weighted by Crippen LogP contribution is -2.21. The molecule has 1 aliphatic heterocycles. The molecule has 1 aromatic heterocycles. The number of hydrogen-bond acceptors (Lipinski definition) is 5. The van der Waals surface area contributed by atoms with Crippen molar-refractivity contribution in [2.45, 2.75) is 30.5 Å². The van der Waals surface area contributed by atoms with Crippen LogP contribution in [0.4, 0.5) is 18.9 Å². The smallest absolute Gasteiger partial charge is 0.446 e. The van der Waals surface area contributed by atoms with E-state index in [1.165, 1.54) is 0 Å². The number of H-pyrrole nitrogens is 1. The third-order valence-corrected chi connectivity index (χ3v) is 6.83. The van der Waals surface area contributed by atoms with Gasteiger partial charge in [0.05, 0.1) is 30.3 Å². The van der Waals surface area contributed by atoms with Gasteiger partial charge in [0.25, 0.3) is 0 Å². The van der Waals surface area contributed by atoms with Gasteiger partial charge in [0.15, 0.2) is 0 Å². The van der Waals surface area contributed by atoms with Crippen LogP contribution in [0.15, 0.2) is 60.7 Å². The molecule has 190 valence electrons. The maximum Gasteiger partial charge on any atom is 0.446 e. The summed E-state index contributed by atoms with van der Waals surface area (Å²) in [6.07, 6.45) is -4.92. The summed E-state index contributed by atoms with van der Waals surface area (Å²) in [6, 6.07) is 19.8. The summed E-state index contributed by atoms with van der Waals surface area (Å²) in [5.74, 6) is 0.945. The molecule has 6 rings (SSSR count). The zero-order chi connectivity index (χ0) is 26.4. The minimum atomic E-state index is -4.64. The number of fused-ring (bicyclic) bond motifs is 3. The van der Waals surface area contributed by atoms with Crippen LogP contribution < -0.4 is 10.1 Å². The van der Waals surface area contributed by atoms with Crippen molar-refractivity contribution in [2.24, 2.45) is 0 Å². The summed E-state index contributed by atoms with van der Waals surface area (Å²) in [5.41, 5.74) is 6.11. The van der Waals surface area contributed by atoms with Crippen molar-refractivity contribution in [2.75, 3.05) is 12.4 Å². The Kier molecular flexibility index (Phi) is 5.99. The molecular formula is C27H22F3N3O4. The van der Waals surface area contributed by atoms with E-state index in [1.807, 2.05) is 42.5 Å². The summed E-state index contributed by atoms with van der Waals surface area (Å²) >= 11 is 0. The molecule has 3 N–H and O–H groups in total. The molecule has 4 aromatic rings. The highest BCUT2D eigenvalue weighted by molar-refractivity contribution is 6.10. The SMILES string of the molecule is COc1ccc2c(c1)[C@]1(CC1c1ccc3c(-c4cccc(CO)c4)n[nH]c3c1)C(=O)N2.O=CC(F)(F)F. The van der Waals surface area contributed by atoms with Crippen LogP contribution in [-0.4, -0.2) is 40.8 Å². The molecule has 2 heterocycles. The number of aromatic amines is 1. The Labute approximate surface area is 209 Å². The number of hydrogen-bond donors (Lipinski definition) is 3. The first-order valence-corrected chi connectivity index (χ1v) is 11.4. The lowest BCUT2D eigenvalue weighted by atomic mass is 9.91. The van der Waals surface area contributed by atoms with Gasteiger partial charge < -0.3 is 15.2 Å². The molecule has 1 amide bonds. The minimum absolute atomic E-state index is 0.00156. The number of amides is 1. The molecule has 7 nitrogen and oxygen atoms in total. The van der Waals surface area contributed by atoms with Gasteiger partial charge in [-0.1, -0.05) is 30.3 Å². The molecule has 3 aromatic carbocycles. The Morgan fingerprint density at radius 3 is 2.65 bits per heavy atom. The van der Waals surface area contributed by atoms with E-state index in [4.69, 9.17) is 9.53 Å². The fourth-order valence-corrected chi connectivity index (χ4v) is 4.99. The zero-order valence-corrected chi connectivity index (χ0v) is 19.6. The number of halogens is 3. The Bertz CT molecular complexity index is 1510. The van der Waals surface area contributed by atoms with Gasteiger partial charge in [-0.15, -0.1) is 0 Å². The predicted octanol–water partition coefficient (Wildman–Crippen LogP) is 4.86. The molecule has 10 heteroatoms. The number of carbonyl (C=O) groups is 2. The van der Waals surface area contributed by atoms with Crippen molar-refractivity contribution in [1.82, 2.24) is 10.2 Å². The Hall–Kier alpha value is -4.18. The second kappa shape index (κ2) is 9.04. The second-order valence-corrected chi connectivity index (χ2v) is 8.99. The van der Waals surface area contributed by atoms with Gasteiger partial charge in [-0.3, -0.25) is 14.7 Å². The highest BCUT2D eigenvalue weighted by atomic mass is 19.4. The molecule has 1 spiro atoms. The van der Waals surface area contributed by atoms with E-state index in [2.05, 4.69) is 33.7 Å². The Morgan fingerprint density at radius 2 is 1.95 bits per heavy atom. The van der Waals surface area contributed by atoms with Crippen LogP contribution in [0.5, 0.6) is 5.75 Å². The first-order chi connectivity index (χ1) is 17.7. The van der Waals surface area contributed by atoms with Crippen molar-refractivity contribution >= 4 is 28.8 Å². The molecular weight excluding hydrogens is 487 g/mol. The van der Waals surface area contributed by atoms with Crippen LogP contribution in [0.3, 0.4) is 0 Å². The topological polar surface area (TPSA) is 104 Å². The quantitative estimate of drug-likeness (QED) is 0.341. The number of nitrogens with zero attached hydrogens (tertiary/aromatic N) is 1. The number of aliphatic hydroxyl groups is 1. The van der Waals surface area contributed by atoms with Gasteiger partial charge >= 0.3 is 6.18 Å². The zero-order valence-electron chi connectivity index (χ0n) is 19.6. The molecule has 1 aliphatic carbocycles. The average Bonchev–Trinajstić information content (AvgIpc) is 3.43. The summed E-state index contributed by atoms with van der Waals surface area (Å²) in [5, 5.41) is 21.2. The van der Waals surface area contributed by atoms with Gasteiger partial charge in [-0.25, -0.2) is 0 Å². The van der Waals surface area contributed by atoms with Crippen LogP contribution >= 0.6 is 0 Å². The number of ether oxygens (including phenoxy) is 1. The molecule has 37 heavy (non-hydrogen) atoms. The highest BCUT2D eigenvalue weighted by Crippen LogP contribution is 2.65. The van der Waals surface area contributed by atoms with Crippen LogP contribution in [0.25, 0.3) is 22.2 Å². The highest BCUT2D eigenvalue weighted by Gasteiger charge is 2.65. The molecule has 0 bridgehead atoms. The lowest BCUT2D eigenvalue weighted by Gasteiger charge is -2.10. The molecule has 1 unspecified atom stereocenters. The average molecular weight is 509 g/mol. The number of benzene rings is 3. The number of aldehydes is 1. The lowest BCUT2D eigenvalue weighted by molar-refractivity contribution is -0.156. The fourth-order valence-electron chi connectivity index (χ4n) is 4.99. The van der Waals surface area contributed by atoms with E-state index in [-0.39, 0.29) is 18.4 Å². The van der Waals surface area contributed by atoms with E-state index < -0.39 is 17.9 Å². The van der Waals surface area contributed by atoms with E-state index >= 15 is 0 Å². The first-order valence-electron chi connectivity index (χ1n) is 11.4. The summed E-state index contributed by atoms with van der Waals surface area (Å²) in [6.45, 7) is -0.00156. The third kappa shape index (κ3) is 4.33. The molecule has 0 radical (unpaired) electrons. The number of rotatable bonds is 4.